The fourth-order valence-electron chi connectivity index (χ4n) is 4.71. The third-order valence-corrected chi connectivity index (χ3v) is 6.64. The zero-order chi connectivity index (χ0) is 22.1. The van der Waals surface area contributed by atoms with Gasteiger partial charge in [-0.05, 0) is 74.0 Å². The number of hydrogen-bond donors (Lipinski definition) is 1. The van der Waals surface area contributed by atoms with E-state index in [0.29, 0.717) is 11.5 Å². The molecule has 0 amide bonds. The van der Waals surface area contributed by atoms with Crippen LogP contribution in [-0.4, -0.2) is 16.1 Å². The summed E-state index contributed by atoms with van der Waals surface area (Å²) in [5, 5.41) is 9.57. The van der Waals surface area contributed by atoms with Gasteiger partial charge in [-0.25, -0.2) is 4.79 Å². The maximum Gasteiger partial charge on any atom is 0.331 e. The highest BCUT2D eigenvalue weighted by atomic mass is 16.4. The summed E-state index contributed by atoms with van der Waals surface area (Å²) in [6.45, 7) is 4.32. The zero-order valence-corrected chi connectivity index (χ0v) is 19.1. The van der Waals surface area contributed by atoms with E-state index in [1.54, 1.807) is 0 Å². The van der Waals surface area contributed by atoms with Gasteiger partial charge in [-0.3, -0.25) is 4.98 Å². The normalized spacial score (nSPS) is 19.4. The van der Waals surface area contributed by atoms with E-state index >= 15 is 0 Å². The Balaban J connectivity index is 1.58. The third-order valence-electron chi connectivity index (χ3n) is 6.64. The SMILES string of the molecule is CCCC=C(C(=O)O)C1CCC(c2ccc(-c3ccc(CCCCC)cn3)cc2)CC1. The van der Waals surface area contributed by atoms with E-state index in [1.807, 2.05) is 12.3 Å². The van der Waals surface area contributed by atoms with Gasteiger partial charge in [0.05, 0.1) is 5.69 Å². The van der Waals surface area contributed by atoms with Gasteiger partial charge >= 0.3 is 5.97 Å². The second-order valence-corrected chi connectivity index (χ2v) is 8.93. The summed E-state index contributed by atoms with van der Waals surface area (Å²) in [4.78, 5) is 16.3. The van der Waals surface area contributed by atoms with Crippen LogP contribution in [0.3, 0.4) is 0 Å². The molecule has 1 aromatic carbocycles. The average molecular weight is 420 g/mol. The third kappa shape index (κ3) is 6.53. The number of aliphatic carboxylic acids is 1. The first-order valence-electron chi connectivity index (χ1n) is 12.1. The van der Waals surface area contributed by atoms with Gasteiger partial charge in [-0.15, -0.1) is 0 Å². The van der Waals surface area contributed by atoms with Gasteiger partial charge in [0.15, 0.2) is 0 Å². The Kier molecular flexibility index (Phi) is 8.87. The quantitative estimate of drug-likeness (QED) is 0.319. The summed E-state index contributed by atoms with van der Waals surface area (Å²) in [6, 6.07) is 13.2. The van der Waals surface area contributed by atoms with Gasteiger partial charge in [-0.2, -0.15) is 0 Å². The van der Waals surface area contributed by atoms with Gasteiger partial charge in [0.1, 0.15) is 0 Å². The molecule has 1 N–H and O–H groups in total. The van der Waals surface area contributed by atoms with Crippen LogP contribution in [0, 0.1) is 5.92 Å². The Morgan fingerprint density at radius 3 is 2.32 bits per heavy atom. The summed E-state index contributed by atoms with van der Waals surface area (Å²) in [6.07, 6.45) is 14.7. The summed E-state index contributed by atoms with van der Waals surface area (Å²) < 4.78 is 0. The van der Waals surface area contributed by atoms with Crippen LogP contribution >= 0.6 is 0 Å². The van der Waals surface area contributed by atoms with E-state index in [4.69, 9.17) is 0 Å². The molecule has 1 aliphatic carbocycles. The lowest BCUT2D eigenvalue weighted by molar-refractivity contribution is -0.133. The summed E-state index contributed by atoms with van der Waals surface area (Å²) in [5.41, 5.74) is 5.52. The van der Waals surface area contributed by atoms with Crippen molar-refractivity contribution in [1.82, 2.24) is 4.98 Å². The number of carboxylic acids is 1. The number of nitrogens with zero attached hydrogens (tertiary/aromatic N) is 1. The van der Waals surface area contributed by atoms with Crippen molar-refractivity contribution >= 4 is 5.97 Å². The van der Waals surface area contributed by atoms with E-state index in [0.717, 1.165) is 56.2 Å². The molecule has 0 saturated heterocycles. The number of rotatable bonds is 10. The minimum absolute atomic E-state index is 0.208. The van der Waals surface area contributed by atoms with Crippen LogP contribution in [0.1, 0.15) is 88.7 Å². The Hall–Kier alpha value is -2.42. The Labute approximate surface area is 187 Å². The number of unbranched alkanes of at least 4 members (excludes halogenated alkanes) is 3. The summed E-state index contributed by atoms with van der Waals surface area (Å²) in [5.74, 6) is 0.00479. The number of benzene rings is 1. The lowest BCUT2D eigenvalue weighted by atomic mass is 9.75. The standard InChI is InChI=1S/C28H37NO2/c1-3-5-7-8-21-10-19-27(29-20-21)25-17-13-23(14-18-25)22-11-15-24(16-12-22)26(28(30)31)9-6-4-2/h9-10,13-14,17-20,22,24H,3-8,11-12,15-16H2,1-2H3,(H,30,31). The van der Waals surface area contributed by atoms with Crippen molar-refractivity contribution in [3.63, 3.8) is 0 Å². The fourth-order valence-corrected chi connectivity index (χ4v) is 4.71. The maximum absolute atomic E-state index is 11.6. The molecule has 1 saturated carbocycles. The zero-order valence-electron chi connectivity index (χ0n) is 19.1. The smallest absolute Gasteiger partial charge is 0.331 e. The van der Waals surface area contributed by atoms with E-state index in [1.165, 1.54) is 30.4 Å². The minimum atomic E-state index is -0.731. The van der Waals surface area contributed by atoms with Crippen LogP contribution in [0.2, 0.25) is 0 Å². The highest BCUT2D eigenvalue weighted by Gasteiger charge is 2.27. The van der Waals surface area contributed by atoms with E-state index < -0.39 is 5.97 Å². The molecule has 2 aromatic rings. The van der Waals surface area contributed by atoms with Crippen LogP contribution in [-0.2, 0) is 11.2 Å². The molecule has 31 heavy (non-hydrogen) atoms. The lowest BCUT2D eigenvalue weighted by Gasteiger charge is -2.29. The topological polar surface area (TPSA) is 50.2 Å². The molecular formula is C28H37NO2. The predicted octanol–water partition coefficient (Wildman–Crippen LogP) is 7.57. The molecule has 0 unspecified atom stereocenters. The molecule has 0 bridgehead atoms. The molecule has 0 atom stereocenters. The minimum Gasteiger partial charge on any atom is -0.478 e. The predicted molar refractivity (Wildman–Crippen MR) is 128 cm³/mol. The van der Waals surface area contributed by atoms with Gasteiger partial charge in [0, 0.05) is 17.3 Å². The van der Waals surface area contributed by atoms with Crippen LogP contribution in [0.5, 0.6) is 0 Å². The van der Waals surface area contributed by atoms with Crippen LogP contribution in [0.25, 0.3) is 11.3 Å². The van der Waals surface area contributed by atoms with Crippen LogP contribution in [0.15, 0.2) is 54.2 Å². The van der Waals surface area contributed by atoms with Crippen molar-refractivity contribution in [1.29, 1.82) is 0 Å². The van der Waals surface area contributed by atoms with Crippen molar-refractivity contribution in [2.75, 3.05) is 0 Å². The van der Waals surface area contributed by atoms with Crippen LogP contribution < -0.4 is 0 Å². The van der Waals surface area contributed by atoms with Crippen molar-refractivity contribution in [3.05, 3.63) is 65.4 Å². The van der Waals surface area contributed by atoms with Gasteiger partial charge in [-0.1, -0.05) is 69.5 Å². The first kappa shape index (κ1) is 23.2. The number of carbonyl (C=O) groups is 1. The first-order valence-corrected chi connectivity index (χ1v) is 12.1. The van der Waals surface area contributed by atoms with Gasteiger partial charge in [0.25, 0.3) is 0 Å². The number of carboxylic acid groups (broad SMARTS) is 1. The molecule has 1 aliphatic rings. The van der Waals surface area contributed by atoms with E-state index in [2.05, 4.69) is 55.2 Å². The molecule has 1 heterocycles. The molecular weight excluding hydrogens is 382 g/mol. The first-order chi connectivity index (χ1) is 15.1. The number of aryl methyl sites for hydroxylation is 1. The maximum atomic E-state index is 11.6. The van der Waals surface area contributed by atoms with E-state index in [9.17, 15) is 9.90 Å². The molecule has 0 spiro atoms. The number of allylic oxidation sites excluding steroid dienone is 1. The number of pyridine rings is 1. The number of aromatic nitrogens is 1. The number of hydrogen-bond acceptors (Lipinski definition) is 2. The Morgan fingerprint density at radius 1 is 1.00 bits per heavy atom. The highest BCUT2D eigenvalue weighted by molar-refractivity contribution is 5.87. The molecule has 0 aliphatic heterocycles. The van der Waals surface area contributed by atoms with Gasteiger partial charge < -0.3 is 5.11 Å². The molecule has 166 valence electrons. The largest absolute Gasteiger partial charge is 0.478 e. The van der Waals surface area contributed by atoms with Crippen molar-refractivity contribution in [2.24, 2.45) is 5.92 Å². The second kappa shape index (κ2) is 11.8. The summed E-state index contributed by atoms with van der Waals surface area (Å²) in [7, 11) is 0. The monoisotopic (exact) mass is 419 g/mol. The Bertz CT molecular complexity index is 844. The second-order valence-electron chi connectivity index (χ2n) is 8.93. The van der Waals surface area contributed by atoms with Crippen molar-refractivity contribution in [3.8, 4) is 11.3 Å². The van der Waals surface area contributed by atoms with Crippen LogP contribution in [0.4, 0.5) is 0 Å². The van der Waals surface area contributed by atoms with Crippen molar-refractivity contribution < 1.29 is 9.90 Å². The molecule has 3 heteroatoms. The molecule has 1 aromatic heterocycles. The molecule has 1 fully saturated rings. The lowest BCUT2D eigenvalue weighted by Crippen LogP contribution is -2.19. The highest BCUT2D eigenvalue weighted by Crippen LogP contribution is 2.39. The van der Waals surface area contributed by atoms with Crippen molar-refractivity contribution in [2.45, 2.75) is 84.0 Å². The summed E-state index contributed by atoms with van der Waals surface area (Å²) >= 11 is 0. The fraction of sp³-hybridized carbons (Fsp3) is 0.500. The molecule has 3 rings (SSSR count). The van der Waals surface area contributed by atoms with E-state index in [-0.39, 0.29) is 5.92 Å². The Morgan fingerprint density at radius 2 is 1.74 bits per heavy atom. The molecule has 0 radical (unpaired) electrons. The molecule has 3 nitrogen and oxygen atoms in total. The van der Waals surface area contributed by atoms with Gasteiger partial charge in [0.2, 0.25) is 0 Å². The average Bonchev–Trinajstić information content (AvgIpc) is 2.80.